The molecule has 5 nitrogen and oxygen atoms in total. The molecule has 0 heterocycles. The van der Waals surface area contributed by atoms with Crippen LogP contribution in [0.4, 0.5) is 5.69 Å². The molecule has 0 aromatic heterocycles. The van der Waals surface area contributed by atoms with Crippen molar-refractivity contribution >= 4 is 24.5 Å². The molecule has 0 aliphatic heterocycles. The second-order valence-corrected chi connectivity index (χ2v) is 6.10. The van der Waals surface area contributed by atoms with Gasteiger partial charge in [-0.25, -0.2) is 8.42 Å². The number of thiol groups is 1. The van der Waals surface area contributed by atoms with E-state index in [-0.39, 0.29) is 5.69 Å². The first-order valence-corrected chi connectivity index (χ1v) is 6.51. The smallest absolute Gasteiger partial charge is 0.271 e. The van der Waals surface area contributed by atoms with Gasteiger partial charge in [0.05, 0.1) is 0 Å². The Kier molecular flexibility index (Phi) is 2.89. The molecule has 13 heavy (non-hydrogen) atoms. The molecule has 0 atom stereocenters. The Bertz CT molecular complexity index is 441. The normalized spacial score (nSPS) is 11.5. The Morgan fingerprint density at radius 3 is 2.08 bits per heavy atom. The highest BCUT2D eigenvalue weighted by Gasteiger charge is 2.11. The van der Waals surface area contributed by atoms with Crippen LogP contribution in [0.25, 0.3) is 0 Å². The van der Waals surface area contributed by atoms with Gasteiger partial charge in [-0.1, -0.05) is 18.2 Å². The van der Waals surface area contributed by atoms with Crippen LogP contribution < -0.4 is 4.72 Å². The molecule has 1 N–H and O–H groups in total. The van der Waals surface area contributed by atoms with Gasteiger partial charge >= 0.3 is 9.06 Å². The van der Waals surface area contributed by atoms with Gasteiger partial charge in [-0.3, -0.25) is 4.72 Å². The van der Waals surface area contributed by atoms with Crippen molar-refractivity contribution in [1.29, 1.82) is 0 Å². The quantitative estimate of drug-likeness (QED) is 0.554. The van der Waals surface area contributed by atoms with Crippen molar-refractivity contribution < 1.29 is 16.8 Å². The molecule has 72 valence electrons. The first-order valence-electron chi connectivity index (χ1n) is 3.25. The fraction of sp³-hybridized carbons (Fsp3) is 0. The summed E-state index contributed by atoms with van der Waals surface area (Å²) in [7, 11) is -7.75. The van der Waals surface area contributed by atoms with E-state index >= 15 is 0 Å². The third-order valence-electron chi connectivity index (χ3n) is 1.22. The van der Waals surface area contributed by atoms with Crippen molar-refractivity contribution in [3.8, 4) is 0 Å². The van der Waals surface area contributed by atoms with E-state index in [0.717, 1.165) is 0 Å². The van der Waals surface area contributed by atoms with Gasteiger partial charge < -0.3 is 0 Å². The van der Waals surface area contributed by atoms with Gasteiger partial charge in [0, 0.05) is 5.69 Å². The highest BCUT2D eigenvalue weighted by molar-refractivity contribution is 8.59. The third-order valence-corrected chi connectivity index (χ3v) is 3.55. The summed E-state index contributed by atoms with van der Waals surface area (Å²) in [6.45, 7) is 0. The molecule has 0 fully saturated rings. The topological polar surface area (TPSA) is 80.3 Å². The molecule has 0 amide bonds. The number of nitrogens with one attached hydrogen (secondary N) is 1. The second-order valence-electron chi connectivity index (χ2n) is 2.17. The lowest BCUT2D eigenvalue weighted by Gasteiger charge is -2.00. The summed E-state index contributed by atoms with van der Waals surface area (Å²) in [5.41, 5.74) is 0.224. The van der Waals surface area contributed by atoms with E-state index < -0.39 is 18.8 Å². The summed E-state index contributed by atoms with van der Waals surface area (Å²) >= 11 is 0. The van der Waals surface area contributed by atoms with E-state index in [2.05, 4.69) is 0 Å². The molecular formula is C6H7NO4S2. The van der Waals surface area contributed by atoms with Crippen LogP contribution in [0.1, 0.15) is 0 Å². The van der Waals surface area contributed by atoms with Crippen molar-refractivity contribution in [2.24, 2.45) is 0 Å². The maximum atomic E-state index is 10.8. The average molecular weight is 221 g/mol. The van der Waals surface area contributed by atoms with Crippen molar-refractivity contribution in [1.82, 2.24) is 0 Å². The number of para-hydroxylation sites is 1. The first-order chi connectivity index (χ1) is 6.02. The minimum Gasteiger partial charge on any atom is -0.271 e. The van der Waals surface area contributed by atoms with Gasteiger partial charge in [0.25, 0.3) is 9.74 Å². The molecule has 0 aliphatic carbocycles. The molecular weight excluding hydrogens is 214 g/mol. The van der Waals surface area contributed by atoms with Gasteiger partial charge in [-0.15, -0.1) is 0 Å². The van der Waals surface area contributed by atoms with Gasteiger partial charge in [0.15, 0.2) is 0 Å². The van der Waals surface area contributed by atoms with Crippen LogP contribution in [0.3, 0.4) is 0 Å². The van der Waals surface area contributed by atoms with Gasteiger partial charge in [-0.2, -0.15) is 8.42 Å². The monoisotopic (exact) mass is 221 g/mol. The summed E-state index contributed by atoms with van der Waals surface area (Å²) in [5.74, 6) is 0. The van der Waals surface area contributed by atoms with Gasteiger partial charge in [0.1, 0.15) is 0 Å². The minimum atomic E-state index is -4.25. The Labute approximate surface area is 76.8 Å². The van der Waals surface area contributed by atoms with Crippen LogP contribution in [-0.4, -0.2) is 16.8 Å². The molecule has 0 aliphatic rings. The van der Waals surface area contributed by atoms with E-state index in [0.29, 0.717) is 0 Å². The lowest BCUT2D eigenvalue weighted by molar-refractivity contribution is 0.595. The molecule has 0 saturated heterocycles. The van der Waals surface area contributed by atoms with E-state index in [1.54, 1.807) is 18.2 Å². The predicted molar refractivity (Wildman–Crippen MR) is 49.3 cm³/mol. The molecule has 0 unspecified atom stereocenters. The molecule has 1 aromatic rings. The van der Waals surface area contributed by atoms with Crippen LogP contribution in [0, 0.1) is 0 Å². The maximum Gasteiger partial charge on any atom is 0.336 e. The zero-order valence-corrected chi connectivity index (χ0v) is 8.09. The predicted octanol–water partition coefficient (Wildman–Crippen LogP) is -0.0453. The summed E-state index contributed by atoms with van der Waals surface area (Å²) in [5, 5.41) is 0. The summed E-state index contributed by atoms with van der Waals surface area (Å²) in [6.07, 6.45) is 0. The number of anilines is 1. The molecule has 0 bridgehead atoms. The fourth-order valence-corrected chi connectivity index (χ4v) is 1.74. The largest absolute Gasteiger partial charge is 0.336 e. The van der Waals surface area contributed by atoms with Gasteiger partial charge in [0.2, 0.25) is 0 Å². The van der Waals surface area contributed by atoms with Crippen molar-refractivity contribution in [3.05, 3.63) is 30.3 Å². The van der Waals surface area contributed by atoms with E-state index in [1.165, 1.54) is 12.1 Å². The van der Waals surface area contributed by atoms with E-state index in [9.17, 15) is 16.8 Å². The summed E-state index contributed by atoms with van der Waals surface area (Å²) < 4.78 is 43.9. The van der Waals surface area contributed by atoms with Crippen LogP contribution in [0.2, 0.25) is 0 Å². The molecule has 0 saturated carbocycles. The SMILES string of the molecule is O=[SH](=O)S(=O)(=O)Nc1ccccc1. The Balaban J connectivity index is 2.95. The second kappa shape index (κ2) is 3.75. The van der Waals surface area contributed by atoms with Crippen LogP contribution >= 0.6 is 0 Å². The lowest BCUT2D eigenvalue weighted by Crippen LogP contribution is -2.13. The van der Waals surface area contributed by atoms with E-state index in [4.69, 9.17) is 0 Å². The fourth-order valence-electron chi connectivity index (χ4n) is 0.692. The number of benzene rings is 1. The van der Waals surface area contributed by atoms with Gasteiger partial charge in [-0.05, 0) is 12.1 Å². The van der Waals surface area contributed by atoms with Crippen molar-refractivity contribution in [2.75, 3.05) is 4.72 Å². The Hall–Kier alpha value is -1.08. The summed E-state index contributed by atoms with van der Waals surface area (Å²) in [6, 6.07) is 7.78. The first kappa shape index (κ1) is 10.0. The molecule has 0 spiro atoms. The Morgan fingerprint density at radius 1 is 1.08 bits per heavy atom. The highest BCUT2D eigenvalue weighted by Crippen LogP contribution is 2.07. The van der Waals surface area contributed by atoms with E-state index in [1.807, 2.05) is 4.72 Å². The zero-order valence-electron chi connectivity index (χ0n) is 6.38. The molecule has 1 aromatic carbocycles. The van der Waals surface area contributed by atoms with Crippen LogP contribution in [0.15, 0.2) is 30.3 Å². The van der Waals surface area contributed by atoms with Crippen molar-refractivity contribution in [2.45, 2.75) is 0 Å². The Morgan fingerprint density at radius 2 is 1.62 bits per heavy atom. The average Bonchev–Trinajstić information content (AvgIpc) is 2.05. The minimum absolute atomic E-state index is 0.224. The molecule has 1 rings (SSSR count). The summed E-state index contributed by atoms with van der Waals surface area (Å²) in [4.78, 5) is 0. The number of rotatable bonds is 3. The third kappa shape index (κ3) is 2.71. The van der Waals surface area contributed by atoms with Crippen molar-refractivity contribution in [3.63, 3.8) is 0 Å². The molecule has 7 heteroatoms. The number of hydrogen-bond donors (Lipinski definition) is 2. The van der Waals surface area contributed by atoms with Crippen LogP contribution in [-0.2, 0) is 18.8 Å². The number of hydrogen-bond acceptors (Lipinski definition) is 4. The lowest BCUT2D eigenvalue weighted by atomic mass is 10.3. The zero-order chi connectivity index (χ0) is 9.90. The molecule has 0 radical (unpaired) electrons. The highest BCUT2D eigenvalue weighted by atomic mass is 33.2. The van der Waals surface area contributed by atoms with Crippen LogP contribution in [0.5, 0.6) is 0 Å². The maximum absolute atomic E-state index is 10.8. The standard InChI is InChI=1S/C6H7NO4S2/c8-12(9)13(10,11)7-6-4-2-1-3-5-6/h1-5,7,12H.